The molecule has 3 aromatic heterocycles. The molecule has 0 radical (unpaired) electrons. The second-order valence-corrected chi connectivity index (χ2v) is 6.53. The van der Waals surface area contributed by atoms with Crippen LogP contribution in [0.1, 0.15) is 18.2 Å². The molecule has 1 aromatic carbocycles. The normalized spacial score (nSPS) is 11.1. The van der Waals surface area contributed by atoms with Gasteiger partial charge in [0.2, 0.25) is 5.89 Å². The van der Waals surface area contributed by atoms with Gasteiger partial charge in [0.1, 0.15) is 6.26 Å². The van der Waals surface area contributed by atoms with E-state index in [0.717, 1.165) is 29.2 Å². The standard InChI is InChI=1S/C22H23N7O.HI/c1-2-23-22(25-14-17-9-11-24-20(13-17)29-12-6-10-27-29)26-15-19-16-30-21(28-19)18-7-4-3-5-8-18;/h3-13,16H,2,14-15H2,1H3,(H2,23,25,26);1H. The molecule has 31 heavy (non-hydrogen) atoms. The van der Waals surface area contributed by atoms with Gasteiger partial charge in [-0.2, -0.15) is 5.10 Å². The highest BCUT2D eigenvalue weighted by Crippen LogP contribution is 2.17. The highest BCUT2D eigenvalue weighted by atomic mass is 127. The van der Waals surface area contributed by atoms with Crippen molar-refractivity contribution in [2.45, 2.75) is 20.0 Å². The molecular formula is C22H24IN7O. The highest BCUT2D eigenvalue weighted by molar-refractivity contribution is 14.0. The number of rotatable bonds is 7. The topological polar surface area (TPSA) is 93.2 Å². The van der Waals surface area contributed by atoms with Crippen molar-refractivity contribution in [3.05, 3.63) is 84.6 Å². The minimum Gasteiger partial charge on any atom is -0.444 e. The van der Waals surface area contributed by atoms with Crippen LogP contribution in [-0.2, 0) is 13.1 Å². The lowest BCUT2D eigenvalue weighted by Crippen LogP contribution is -2.36. The SMILES string of the molecule is CCNC(=NCc1ccnc(-n2cccn2)c1)NCc1coc(-c2ccccc2)n1.I. The fraction of sp³-hybridized carbons (Fsp3) is 0.182. The van der Waals surface area contributed by atoms with Crippen molar-refractivity contribution >= 4 is 29.9 Å². The molecule has 0 fully saturated rings. The Balaban J connectivity index is 0.00000272. The van der Waals surface area contributed by atoms with Gasteiger partial charge in [-0.15, -0.1) is 24.0 Å². The molecule has 4 aromatic rings. The number of hydrogen-bond donors (Lipinski definition) is 2. The van der Waals surface area contributed by atoms with Gasteiger partial charge in [0.25, 0.3) is 0 Å². The van der Waals surface area contributed by atoms with Crippen LogP contribution in [0.15, 0.2) is 82.8 Å². The summed E-state index contributed by atoms with van der Waals surface area (Å²) in [5.41, 5.74) is 2.81. The van der Waals surface area contributed by atoms with Crippen LogP contribution < -0.4 is 10.6 Å². The van der Waals surface area contributed by atoms with Gasteiger partial charge in [-0.05, 0) is 42.8 Å². The van der Waals surface area contributed by atoms with Gasteiger partial charge in [-0.3, -0.25) is 0 Å². The molecule has 9 heteroatoms. The third kappa shape index (κ3) is 6.14. The minimum absolute atomic E-state index is 0. The summed E-state index contributed by atoms with van der Waals surface area (Å²) < 4.78 is 7.32. The number of nitrogens with zero attached hydrogens (tertiary/aromatic N) is 5. The minimum atomic E-state index is 0. The predicted octanol–water partition coefficient (Wildman–Crippen LogP) is 3.80. The van der Waals surface area contributed by atoms with Crippen molar-refractivity contribution in [2.24, 2.45) is 4.99 Å². The number of hydrogen-bond acceptors (Lipinski definition) is 5. The third-order valence-electron chi connectivity index (χ3n) is 4.32. The van der Waals surface area contributed by atoms with Crippen LogP contribution in [-0.4, -0.2) is 32.3 Å². The Morgan fingerprint density at radius 1 is 1.10 bits per heavy atom. The zero-order valence-corrected chi connectivity index (χ0v) is 19.4. The van der Waals surface area contributed by atoms with Crippen molar-refractivity contribution in [2.75, 3.05) is 6.54 Å². The third-order valence-corrected chi connectivity index (χ3v) is 4.32. The molecular weight excluding hydrogens is 505 g/mol. The summed E-state index contributed by atoms with van der Waals surface area (Å²) in [6, 6.07) is 15.6. The van der Waals surface area contributed by atoms with Gasteiger partial charge in [0.15, 0.2) is 11.8 Å². The fourth-order valence-electron chi connectivity index (χ4n) is 2.88. The number of pyridine rings is 1. The molecule has 160 valence electrons. The van der Waals surface area contributed by atoms with Crippen LogP contribution in [0.25, 0.3) is 17.3 Å². The first-order valence-corrected chi connectivity index (χ1v) is 9.79. The number of aliphatic imine (C=N–C) groups is 1. The molecule has 0 bridgehead atoms. The molecule has 0 spiro atoms. The van der Waals surface area contributed by atoms with Gasteiger partial charge in [0.05, 0.1) is 18.8 Å². The van der Waals surface area contributed by atoms with E-state index in [2.05, 4.69) is 30.7 Å². The van der Waals surface area contributed by atoms with Crippen LogP contribution in [0.5, 0.6) is 0 Å². The number of nitrogens with one attached hydrogen (secondary N) is 2. The molecule has 0 amide bonds. The quantitative estimate of drug-likeness (QED) is 0.215. The average molecular weight is 529 g/mol. The molecule has 4 rings (SSSR count). The molecule has 0 unspecified atom stereocenters. The van der Waals surface area contributed by atoms with Crippen LogP contribution >= 0.6 is 24.0 Å². The summed E-state index contributed by atoms with van der Waals surface area (Å²) >= 11 is 0. The van der Waals surface area contributed by atoms with Crippen LogP contribution in [0.2, 0.25) is 0 Å². The van der Waals surface area contributed by atoms with Gasteiger partial charge >= 0.3 is 0 Å². The first kappa shape index (κ1) is 22.5. The summed E-state index contributed by atoms with van der Waals surface area (Å²) in [7, 11) is 0. The maximum atomic E-state index is 5.59. The average Bonchev–Trinajstić information content (AvgIpc) is 3.49. The van der Waals surface area contributed by atoms with Crippen LogP contribution in [0, 0.1) is 0 Å². The predicted molar refractivity (Wildman–Crippen MR) is 130 cm³/mol. The molecule has 0 saturated heterocycles. The van der Waals surface area contributed by atoms with E-state index in [1.807, 2.05) is 61.7 Å². The molecule has 8 nitrogen and oxygen atoms in total. The van der Waals surface area contributed by atoms with E-state index >= 15 is 0 Å². The zero-order chi connectivity index (χ0) is 20.6. The lowest BCUT2D eigenvalue weighted by Gasteiger charge is -2.10. The van der Waals surface area contributed by atoms with Crippen molar-refractivity contribution in [1.82, 2.24) is 30.4 Å². The molecule has 0 aliphatic rings. The Hall–Kier alpha value is -3.21. The van der Waals surface area contributed by atoms with Crippen molar-refractivity contribution in [3.63, 3.8) is 0 Å². The maximum absolute atomic E-state index is 5.59. The van der Waals surface area contributed by atoms with Crippen LogP contribution in [0.3, 0.4) is 0 Å². The van der Waals surface area contributed by atoms with Crippen molar-refractivity contribution in [3.8, 4) is 17.3 Å². The van der Waals surface area contributed by atoms with E-state index < -0.39 is 0 Å². The van der Waals surface area contributed by atoms with Gasteiger partial charge in [-0.25, -0.2) is 19.6 Å². The van der Waals surface area contributed by atoms with E-state index in [4.69, 9.17) is 4.42 Å². The smallest absolute Gasteiger partial charge is 0.226 e. The second kappa shape index (κ2) is 11.3. The molecule has 0 saturated carbocycles. The number of oxazole rings is 1. The lowest BCUT2D eigenvalue weighted by atomic mass is 10.2. The summed E-state index contributed by atoms with van der Waals surface area (Å²) in [5, 5.41) is 10.8. The molecule has 0 aliphatic carbocycles. The Labute approximate surface area is 197 Å². The molecule has 0 atom stereocenters. The second-order valence-electron chi connectivity index (χ2n) is 6.53. The van der Waals surface area contributed by atoms with Crippen LogP contribution in [0.4, 0.5) is 0 Å². The van der Waals surface area contributed by atoms with E-state index in [1.54, 1.807) is 23.3 Å². The number of halogens is 1. The number of aromatic nitrogens is 4. The monoisotopic (exact) mass is 529 g/mol. The van der Waals surface area contributed by atoms with Crippen molar-refractivity contribution < 1.29 is 4.42 Å². The largest absolute Gasteiger partial charge is 0.444 e. The molecule has 3 heterocycles. The number of benzene rings is 1. The number of guanidine groups is 1. The maximum Gasteiger partial charge on any atom is 0.226 e. The lowest BCUT2D eigenvalue weighted by molar-refractivity contribution is 0.572. The van der Waals surface area contributed by atoms with Gasteiger partial charge < -0.3 is 15.1 Å². The molecule has 0 aliphatic heterocycles. The summed E-state index contributed by atoms with van der Waals surface area (Å²) in [6.07, 6.45) is 7.02. The fourth-order valence-corrected chi connectivity index (χ4v) is 2.88. The van der Waals surface area contributed by atoms with E-state index in [9.17, 15) is 0 Å². The van der Waals surface area contributed by atoms with Crippen molar-refractivity contribution in [1.29, 1.82) is 0 Å². The summed E-state index contributed by atoms with van der Waals surface area (Å²) in [5.74, 6) is 2.08. The van der Waals surface area contributed by atoms with E-state index in [-0.39, 0.29) is 24.0 Å². The Morgan fingerprint density at radius 2 is 1.97 bits per heavy atom. The molecule has 2 N–H and O–H groups in total. The first-order valence-electron chi connectivity index (χ1n) is 9.79. The first-order chi connectivity index (χ1) is 14.8. The summed E-state index contributed by atoms with van der Waals surface area (Å²) in [6.45, 7) is 3.81. The van der Waals surface area contributed by atoms with E-state index in [0.29, 0.717) is 24.9 Å². The summed E-state index contributed by atoms with van der Waals surface area (Å²) in [4.78, 5) is 13.6. The Morgan fingerprint density at radius 3 is 2.74 bits per heavy atom. The van der Waals surface area contributed by atoms with Gasteiger partial charge in [-0.1, -0.05) is 18.2 Å². The Kier molecular flexibility index (Phi) is 8.16. The van der Waals surface area contributed by atoms with E-state index in [1.165, 1.54) is 0 Å². The Bertz CT molecular complexity index is 1090. The zero-order valence-electron chi connectivity index (χ0n) is 17.1. The van der Waals surface area contributed by atoms with Gasteiger partial charge in [0, 0.05) is 30.7 Å². The highest BCUT2D eigenvalue weighted by Gasteiger charge is 2.07.